The Balaban J connectivity index is 1.61. The topological polar surface area (TPSA) is 87.7 Å². The van der Waals surface area contributed by atoms with Crippen molar-refractivity contribution in [3.8, 4) is 0 Å². The summed E-state index contributed by atoms with van der Waals surface area (Å²) in [5.74, 6) is -0.462. The van der Waals surface area contributed by atoms with Gasteiger partial charge in [-0.15, -0.1) is 0 Å². The van der Waals surface area contributed by atoms with Crippen LogP contribution in [0.25, 0.3) is 0 Å². The number of nitrogens with one attached hydrogen (secondary N) is 2. The Morgan fingerprint density at radius 2 is 1.62 bits per heavy atom. The van der Waals surface area contributed by atoms with E-state index < -0.39 is 6.04 Å². The van der Waals surface area contributed by atoms with Crippen LogP contribution in [0.1, 0.15) is 28.8 Å². The van der Waals surface area contributed by atoms with Crippen molar-refractivity contribution in [1.29, 1.82) is 0 Å². The van der Waals surface area contributed by atoms with Gasteiger partial charge in [0.15, 0.2) is 0 Å². The lowest BCUT2D eigenvalue weighted by atomic mass is 9.88. The van der Waals surface area contributed by atoms with Gasteiger partial charge in [0, 0.05) is 32.3 Å². The number of benzene rings is 2. The van der Waals surface area contributed by atoms with Crippen molar-refractivity contribution in [3.63, 3.8) is 0 Å². The maximum absolute atomic E-state index is 12.9. The lowest BCUT2D eigenvalue weighted by Gasteiger charge is -2.36. The van der Waals surface area contributed by atoms with Crippen LogP contribution < -0.4 is 10.6 Å². The number of ether oxygens (including phenoxy) is 1. The highest BCUT2D eigenvalue weighted by molar-refractivity contribution is 5.97. The van der Waals surface area contributed by atoms with Gasteiger partial charge in [0.2, 0.25) is 11.8 Å². The SMILES string of the molecule is COCCNC(=O)[C@@H](NC(=O)c1ccccc1)C1CCN(C(=O)Cc2ccccc2)CC1. The lowest BCUT2D eigenvalue weighted by molar-refractivity contribution is -0.132. The Labute approximate surface area is 189 Å². The molecule has 1 heterocycles. The molecule has 2 N–H and O–H groups in total. The highest BCUT2D eigenvalue weighted by atomic mass is 16.5. The fourth-order valence-corrected chi connectivity index (χ4v) is 3.96. The second-order valence-electron chi connectivity index (χ2n) is 7.98. The van der Waals surface area contributed by atoms with Crippen molar-refractivity contribution in [3.05, 3.63) is 71.8 Å². The first-order valence-electron chi connectivity index (χ1n) is 11.0. The Kier molecular flexibility index (Phi) is 8.80. The number of nitrogens with zero attached hydrogens (tertiary/aromatic N) is 1. The number of rotatable bonds is 9. The minimum atomic E-state index is -0.661. The Hall–Kier alpha value is -3.19. The standard InChI is InChI=1S/C25H31N3O4/c1-32-17-14-26-25(31)23(27-24(30)21-10-6-3-7-11-21)20-12-15-28(16-13-20)22(29)18-19-8-4-2-5-9-19/h2-11,20,23H,12-18H2,1H3,(H,26,31)(H,27,30)/t23-/m0/s1. The van der Waals surface area contributed by atoms with Gasteiger partial charge in [-0.05, 0) is 36.5 Å². The summed E-state index contributed by atoms with van der Waals surface area (Å²) in [5.41, 5.74) is 1.50. The molecule has 0 aromatic heterocycles. The molecule has 1 aliphatic rings. The van der Waals surface area contributed by atoms with E-state index in [0.717, 1.165) is 5.56 Å². The van der Waals surface area contributed by atoms with Crippen molar-refractivity contribution < 1.29 is 19.1 Å². The van der Waals surface area contributed by atoms with E-state index in [1.54, 1.807) is 31.4 Å². The van der Waals surface area contributed by atoms with E-state index in [9.17, 15) is 14.4 Å². The van der Waals surface area contributed by atoms with Crippen LogP contribution in [0.5, 0.6) is 0 Å². The molecule has 1 atom stereocenters. The van der Waals surface area contributed by atoms with Crippen molar-refractivity contribution in [2.24, 2.45) is 5.92 Å². The van der Waals surface area contributed by atoms with Crippen LogP contribution in [-0.2, 0) is 20.7 Å². The number of methoxy groups -OCH3 is 1. The summed E-state index contributed by atoms with van der Waals surface area (Å²) in [6, 6.07) is 17.9. The molecule has 0 saturated carbocycles. The third-order valence-electron chi connectivity index (χ3n) is 5.77. The van der Waals surface area contributed by atoms with Gasteiger partial charge in [-0.2, -0.15) is 0 Å². The highest BCUT2D eigenvalue weighted by Gasteiger charge is 2.33. The molecule has 0 bridgehead atoms. The Morgan fingerprint density at radius 3 is 2.25 bits per heavy atom. The van der Waals surface area contributed by atoms with Crippen molar-refractivity contribution in [2.75, 3.05) is 33.4 Å². The molecule has 1 fully saturated rings. The van der Waals surface area contributed by atoms with E-state index in [1.165, 1.54) is 0 Å². The zero-order valence-electron chi connectivity index (χ0n) is 18.5. The molecule has 2 aromatic carbocycles. The summed E-state index contributed by atoms with van der Waals surface area (Å²) in [4.78, 5) is 40.1. The third-order valence-corrected chi connectivity index (χ3v) is 5.77. The molecular weight excluding hydrogens is 406 g/mol. The summed E-state index contributed by atoms with van der Waals surface area (Å²) in [7, 11) is 1.57. The summed E-state index contributed by atoms with van der Waals surface area (Å²) in [6.45, 7) is 1.91. The fourth-order valence-electron chi connectivity index (χ4n) is 3.96. The highest BCUT2D eigenvalue weighted by Crippen LogP contribution is 2.22. The van der Waals surface area contributed by atoms with Gasteiger partial charge in [0.25, 0.3) is 5.91 Å². The summed E-state index contributed by atoms with van der Waals surface area (Å²) >= 11 is 0. The average Bonchev–Trinajstić information content (AvgIpc) is 2.83. The molecule has 7 nitrogen and oxygen atoms in total. The quantitative estimate of drug-likeness (QED) is 0.588. The summed E-state index contributed by atoms with van der Waals surface area (Å²) in [5, 5.41) is 5.76. The third kappa shape index (κ3) is 6.65. The molecule has 0 radical (unpaired) electrons. The first-order valence-corrected chi connectivity index (χ1v) is 11.0. The second kappa shape index (κ2) is 12.0. The molecule has 2 aromatic rings. The van der Waals surface area contributed by atoms with Gasteiger partial charge in [-0.3, -0.25) is 14.4 Å². The number of carbonyl (C=O) groups excluding carboxylic acids is 3. The molecule has 3 amide bonds. The molecule has 7 heteroatoms. The van der Waals surface area contributed by atoms with E-state index in [4.69, 9.17) is 4.74 Å². The Morgan fingerprint density at radius 1 is 1.00 bits per heavy atom. The van der Waals surface area contributed by atoms with Gasteiger partial charge in [0.1, 0.15) is 6.04 Å². The molecule has 3 rings (SSSR count). The van der Waals surface area contributed by atoms with Crippen molar-refractivity contribution in [1.82, 2.24) is 15.5 Å². The number of hydrogen-bond donors (Lipinski definition) is 2. The largest absolute Gasteiger partial charge is 0.383 e. The second-order valence-corrected chi connectivity index (χ2v) is 7.98. The smallest absolute Gasteiger partial charge is 0.251 e. The predicted octanol–water partition coefficient (Wildman–Crippen LogP) is 2.03. The Bertz CT molecular complexity index is 881. The number of hydrogen-bond acceptors (Lipinski definition) is 4. The van der Waals surface area contributed by atoms with Crippen LogP contribution in [-0.4, -0.2) is 62.0 Å². The molecule has 0 unspecified atom stereocenters. The fraction of sp³-hybridized carbons (Fsp3) is 0.400. The first kappa shape index (κ1) is 23.5. The number of likely N-dealkylation sites (tertiary alicyclic amines) is 1. The van der Waals surface area contributed by atoms with Crippen LogP contribution in [0.15, 0.2) is 60.7 Å². The average molecular weight is 438 g/mol. The van der Waals surface area contributed by atoms with Crippen LogP contribution >= 0.6 is 0 Å². The lowest BCUT2D eigenvalue weighted by Crippen LogP contribution is -2.54. The van der Waals surface area contributed by atoms with E-state index in [-0.39, 0.29) is 23.6 Å². The molecule has 0 aliphatic carbocycles. The van der Waals surface area contributed by atoms with Crippen LogP contribution in [0.3, 0.4) is 0 Å². The van der Waals surface area contributed by atoms with E-state index in [2.05, 4.69) is 10.6 Å². The first-order chi connectivity index (χ1) is 15.6. The zero-order valence-corrected chi connectivity index (χ0v) is 18.5. The predicted molar refractivity (Wildman–Crippen MR) is 122 cm³/mol. The van der Waals surface area contributed by atoms with Gasteiger partial charge in [-0.1, -0.05) is 48.5 Å². The van der Waals surface area contributed by atoms with E-state index in [1.807, 2.05) is 41.3 Å². The molecular formula is C25H31N3O4. The van der Waals surface area contributed by atoms with Crippen LogP contribution in [0.2, 0.25) is 0 Å². The normalized spacial score (nSPS) is 15.1. The number of carbonyl (C=O) groups is 3. The monoisotopic (exact) mass is 437 g/mol. The van der Waals surface area contributed by atoms with Crippen molar-refractivity contribution >= 4 is 17.7 Å². The van der Waals surface area contributed by atoms with E-state index >= 15 is 0 Å². The molecule has 1 aliphatic heterocycles. The van der Waals surface area contributed by atoms with Crippen molar-refractivity contribution in [2.45, 2.75) is 25.3 Å². The van der Waals surface area contributed by atoms with Crippen LogP contribution in [0, 0.1) is 5.92 Å². The molecule has 1 saturated heterocycles. The van der Waals surface area contributed by atoms with Gasteiger partial charge >= 0.3 is 0 Å². The van der Waals surface area contributed by atoms with E-state index in [0.29, 0.717) is 51.1 Å². The number of piperidine rings is 1. The zero-order chi connectivity index (χ0) is 22.8. The minimum Gasteiger partial charge on any atom is -0.383 e. The molecule has 170 valence electrons. The van der Waals surface area contributed by atoms with Gasteiger partial charge in [-0.25, -0.2) is 0 Å². The van der Waals surface area contributed by atoms with Gasteiger partial charge in [0.05, 0.1) is 13.0 Å². The van der Waals surface area contributed by atoms with Crippen LogP contribution in [0.4, 0.5) is 0 Å². The molecule has 0 spiro atoms. The summed E-state index contributed by atoms with van der Waals surface area (Å²) in [6.07, 6.45) is 1.67. The molecule has 32 heavy (non-hydrogen) atoms. The summed E-state index contributed by atoms with van der Waals surface area (Å²) < 4.78 is 5.01. The minimum absolute atomic E-state index is 0.0500. The number of amides is 3. The maximum Gasteiger partial charge on any atom is 0.251 e. The van der Waals surface area contributed by atoms with Gasteiger partial charge < -0.3 is 20.3 Å². The maximum atomic E-state index is 12.9.